The standard InChI is InChI=1S/C15H17N5O.2ClH/c16-13-4-2-1-3-12(13)15(21)20-9-7-19(8-10-20)14-11-17-5-6-18-14;;/h1-6,11H,7-10,16H2;2*1H. The first kappa shape index (κ1) is 19.0. The summed E-state index contributed by atoms with van der Waals surface area (Å²) in [6, 6.07) is 7.19. The van der Waals surface area contributed by atoms with Crippen LogP contribution in [0.4, 0.5) is 11.5 Å². The zero-order chi connectivity index (χ0) is 14.7. The van der Waals surface area contributed by atoms with Crippen molar-refractivity contribution in [3.63, 3.8) is 0 Å². The van der Waals surface area contributed by atoms with Crippen LogP contribution in [0, 0.1) is 0 Å². The lowest BCUT2D eigenvalue weighted by molar-refractivity contribution is 0.0747. The Labute approximate surface area is 147 Å². The van der Waals surface area contributed by atoms with E-state index in [1.165, 1.54) is 0 Å². The maximum atomic E-state index is 12.5. The number of para-hydroxylation sites is 1. The minimum atomic E-state index is -0.00750. The lowest BCUT2D eigenvalue weighted by atomic mass is 10.1. The molecule has 1 saturated heterocycles. The first-order valence-corrected chi connectivity index (χ1v) is 6.90. The monoisotopic (exact) mass is 355 g/mol. The van der Waals surface area contributed by atoms with Gasteiger partial charge in [-0.25, -0.2) is 4.98 Å². The third-order valence-corrected chi connectivity index (χ3v) is 3.63. The fraction of sp³-hybridized carbons (Fsp3) is 0.267. The third kappa shape index (κ3) is 4.24. The second-order valence-electron chi connectivity index (χ2n) is 4.93. The van der Waals surface area contributed by atoms with Gasteiger partial charge < -0.3 is 15.5 Å². The molecule has 0 aliphatic carbocycles. The van der Waals surface area contributed by atoms with Gasteiger partial charge in [0.25, 0.3) is 5.91 Å². The first-order valence-electron chi connectivity index (χ1n) is 6.90. The molecule has 6 nitrogen and oxygen atoms in total. The fourth-order valence-corrected chi connectivity index (χ4v) is 2.46. The molecule has 1 aromatic heterocycles. The van der Waals surface area contributed by atoms with E-state index in [-0.39, 0.29) is 30.7 Å². The van der Waals surface area contributed by atoms with Gasteiger partial charge in [-0.2, -0.15) is 0 Å². The number of anilines is 2. The molecule has 3 rings (SSSR count). The summed E-state index contributed by atoms with van der Waals surface area (Å²) in [5.41, 5.74) is 6.97. The van der Waals surface area contributed by atoms with Crippen LogP contribution in [0.2, 0.25) is 0 Å². The van der Waals surface area contributed by atoms with Crippen LogP contribution in [0.15, 0.2) is 42.9 Å². The lowest BCUT2D eigenvalue weighted by Crippen LogP contribution is -2.49. The van der Waals surface area contributed by atoms with Crippen molar-refractivity contribution < 1.29 is 4.79 Å². The molecule has 1 amide bonds. The highest BCUT2D eigenvalue weighted by atomic mass is 35.5. The average Bonchev–Trinajstić information content (AvgIpc) is 2.56. The van der Waals surface area contributed by atoms with E-state index in [2.05, 4.69) is 14.9 Å². The summed E-state index contributed by atoms with van der Waals surface area (Å²) in [5, 5.41) is 0. The van der Waals surface area contributed by atoms with Gasteiger partial charge in [0.2, 0.25) is 0 Å². The molecule has 8 heteroatoms. The minimum absolute atomic E-state index is 0. The molecule has 0 radical (unpaired) electrons. The van der Waals surface area contributed by atoms with Crippen LogP contribution < -0.4 is 10.6 Å². The number of rotatable bonds is 2. The largest absolute Gasteiger partial charge is 0.398 e. The van der Waals surface area contributed by atoms with Gasteiger partial charge in [-0.05, 0) is 12.1 Å². The van der Waals surface area contributed by atoms with E-state index in [9.17, 15) is 4.79 Å². The van der Waals surface area contributed by atoms with Gasteiger partial charge in [0, 0.05) is 44.3 Å². The molecule has 2 aromatic rings. The lowest BCUT2D eigenvalue weighted by Gasteiger charge is -2.35. The van der Waals surface area contributed by atoms with E-state index in [0.717, 1.165) is 18.9 Å². The van der Waals surface area contributed by atoms with Crippen molar-refractivity contribution in [1.82, 2.24) is 14.9 Å². The number of carbonyl (C=O) groups is 1. The molecule has 0 unspecified atom stereocenters. The number of aromatic nitrogens is 2. The number of nitrogens with zero attached hydrogens (tertiary/aromatic N) is 4. The van der Waals surface area contributed by atoms with Crippen LogP contribution >= 0.6 is 24.8 Å². The quantitative estimate of drug-likeness (QED) is 0.832. The Morgan fingerprint density at radius 1 is 1.04 bits per heavy atom. The smallest absolute Gasteiger partial charge is 0.256 e. The summed E-state index contributed by atoms with van der Waals surface area (Å²) in [7, 11) is 0. The van der Waals surface area contributed by atoms with Crippen molar-refractivity contribution in [2.45, 2.75) is 0 Å². The van der Waals surface area contributed by atoms with Crippen LogP contribution in [0.25, 0.3) is 0 Å². The number of nitrogens with two attached hydrogens (primary N) is 1. The Balaban J connectivity index is 0.00000132. The van der Waals surface area contributed by atoms with Crippen molar-refractivity contribution in [1.29, 1.82) is 0 Å². The molecule has 0 atom stereocenters. The summed E-state index contributed by atoms with van der Waals surface area (Å²) in [5.74, 6) is 0.843. The van der Waals surface area contributed by atoms with Crippen molar-refractivity contribution in [2.24, 2.45) is 0 Å². The Bertz CT molecular complexity index is 633. The number of halogens is 2. The highest BCUT2D eigenvalue weighted by molar-refractivity contribution is 5.99. The molecule has 1 aliphatic rings. The van der Waals surface area contributed by atoms with Crippen LogP contribution in [0.3, 0.4) is 0 Å². The van der Waals surface area contributed by atoms with Gasteiger partial charge in [-0.15, -0.1) is 24.8 Å². The van der Waals surface area contributed by atoms with Crippen molar-refractivity contribution >= 4 is 42.2 Å². The second-order valence-corrected chi connectivity index (χ2v) is 4.93. The van der Waals surface area contributed by atoms with Gasteiger partial charge in [0.05, 0.1) is 11.8 Å². The molecule has 0 saturated carbocycles. The van der Waals surface area contributed by atoms with E-state index in [1.54, 1.807) is 30.7 Å². The van der Waals surface area contributed by atoms with Crippen molar-refractivity contribution in [2.75, 3.05) is 36.8 Å². The molecule has 1 aromatic carbocycles. The van der Waals surface area contributed by atoms with E-state index in [0.29, 0.717) is 24.3 Å². The number of amides is 1. The predicted octanol–water partition coefficient (Wildman–Crippen LogP) is 1.86. The SMILES string of the molecule is Cl.Cl.Nc1ccccc1C(=O)N1CCN(c2cnccn2)CC1. The summed E-state index contributed by atoms with van der Waals surface area (Å²) < 4.78 is 0. The van der Waals surface area contributed by atoms with Crippen LogP contribution in [-0.2, 0) is 0 Å². The topological polar surface area (TPSA) is 75.4 Å². The molecular weight excluding hydrogens is 337 g/mol. The van der Waals surface area contributed by atoms with Crippen molar-refractivity contribution in [3.8, 4) is 0 Å². The molecular formula is C15H19Cl2N5O. The molecule has 0 spiro atoms. The Morgan fingerprint density at radius 3 is 2.35 bits per heavy atom. The van der Waals surface area contributed by atoms with Crippen LogP contribution in [-0.4, -0.2) is 47.0 Å². The Kier molecular flexibility index (Phi) is 7.06. The summed E-state index contributed by atoms with van der Waals surface area (Å²) in [6.45, 7) is 2.81. The number of benzene rings is 1. The van der Waals surface area contributed by atoms with Crippen molar-refractivity contribution in [3.05, 3.63) is 48.4 Å². The first-order chi connectivity index (χ1) is 10.3. The highest BCUT2D eigenvalue weighted by Crippen LogP contribution is 2.17. The zero-order valence-corrected chi connectivity index (χ0v) is 14.1. The number of hydrogen-bond acceptors (Lipinski definition) is 5. The highest BCUT2D eigenvalue weighted by Gasteiger charge is 2.23. The normalized spacial score (nSPS) is 13.7. The fourth-order valence-electron chi connectivity index (χ4n) is 2.46. The maximum Gasteiger partial charge on any atom is 0.256 e. The molecule has 2 N–H and O–H groups in total. The minimum Gasteiger partial charge on any atom is -0.398 e. The van der Waals surface area contributed by atoms with Crippen LogP contribution in [0.1, 0.15) is 10.4 Å². The molecule has 0 bridgehead atoms. The van der Waals surface area contributed by atoms with Gasteiger partial charge in [0.1, 0.15) is 5.82 Å². The summed E-state index contributed by atoms with van der Waals surface area (Å²) >= 11 is 0. The third-order valence-electron chi connectivity index (χ3n) is 3.63. The van der Waals surface area contributed by atoms with E-state index in [4.69, 9.17) is 5.73 Å². The van der Waals surface area contributed by atoms with Gasteiger partial charge in [0.15, 0.2) is 0 Å². The van der Waals surface area contributed by atoms with E-state index < -0.39 is 0 Å². The Hall–Kier alpha value is -2.05. The maximum absolute atomic E-state index is 12.5. The molecule has 2 heterocycles. The summed E-state index contributed by atoms with van der Waals surface area (Å²) in [6.07, 6.45) is 5.08. The zero-order valence-electron chi connectivity index (χ0n) is 12.5. The summed E-state index contributed by atoms with van der Waals surface area (Å²) in [4.78, 5) is 24.8. The molecule has 1 fully saturated rings. The van der Waals surface area contributed by atoms with E-state index >= 15 is 0 Å². The molecule has 124 valence electrons. The van der Waals surface area contributed by atoms with Gasteiger partial charge >= 0.3 is 0 Å². The van der Waals surface area contributed by atoms with Gasteiger partial charge in [-0.1, -0.05) is 12.1 Å². The molecule has 1 aliphatic heterocycles. The Morgan fingerprint density at radius 2 is 1.74 bits per heavy atom. The second kappa shape index (κ2) is 8.55. The predicted molar refractivity (Wildman–Crippen MR) is 95.5 cm³/mol. The number of hydrogen-bond donors (Lipinski definition) is 1. The van der Waals surface area contributed by atoms with E-state index in [1.807, 2.05) is 17.0 Å². The van der Waals surface area contributed by atoms with Gasteiger partial charge in [-0.3, -0.25) is 9.78 Å². The number of piperazine rings is 1. The molecule has 23 heavy (non-hydrogen) atoms. The average molecular weight is 356 g/mol. The van der Waals surface area contributed by atoms with Crippen LogP contribution in [0.5, 0.6) is 0 Å². The number of carbonyl (C=O) groups excluding carboxylic acids is 1. The number of nitrogen functional groups attached to an aromatic ring is 1.